The Bertz CT molecular complexity index is 631. The van der Waals surface area contributed by atoms with Gasteiger partial charge in [0.15, 0.2) is 5.69 Å². The summed E-state index contributed by atoms with van der Waals surface area (Å²) in [6, 6.07) is 3.30. The van der Waals surface area contributed by atoms with E-state index < -0.39 is 5.97 Å². The van der Waals surface area contributed by atoms with Crippen LogP contribution in [-0.4, -0.2) is 46.9 Å². The molecule has 6 heteroatoms. The Balaban J connectivity index is 2.42. The van der Waals surface area contributed by atoms with E-state index in [9.17, 15) is 9.59 Å². The standard InChI is InChI=1S/C13H15N3O3/c1-4-19-13(18)10-8-14-11-7-9(5-6-16(10)11)12(17)15(2)3/h5-8H,4H2,1-3H3. The summed E-state index contributed by atoms with van der Waals surface area (Å²) < 4.78 is 6.54. The van der Waals surface area contributed by atoms with Gasteiger partial charge in [-0.05, 0) is 19.1 Å². The fourth-order valence-electron chi connectivity index (χ4n) is 1.73. The number of aromatic nitrogens is 2. The van der Waals surface area contributed by atoms with Gasteiger partial charge in [-0.25, -0.2) is 9.78 Å². The summed E-state index contributed by atoms with van der Waals surface area (Å²) in [6.07, 6.45) is 3.09. The average Bonchev–Trinajstić information content (AvgIpc) is 2.80. The molecule has 0 spiro atoms. The molecule has 2 aromatic heterocycles. The molecular weight excluding hydrogens is 246 g/mol. The van der Waals surface area contributed by atoms with Crippen LogP contribution in [0.1, 0.15) is 27.8 Å². The maximum atomic E-state index is 11.8. The molecular formula is C13H15N3O3. The number of nitrogens with zero attached hydrogens (tertiary/aromatic N) is 3. The van der Waals surface area contributed by atoms with Gasteiger partial charge in [-0.3, -0.25) is 9.20 Å². The van der Waals surface area contributed by atoms with Crippen LogP contribution in [0.15, 0.2) is 24.5 Å². The van der Waals surface area contributed by atoms with E-state index in [1.165, 1.54) is 11.1 Å². The smallest absolute Gasteiger partial charge is 0.356 e. The van der Waals surface area contributed by atoms with Crippen LogP contribution in [0.3, 0.4) is 0 Å². The molecule has 19 heavy (non-hydrogen) atoms. The van der Waals surface area contributed by atoms with Gasteiger partial charge in [-0.15, -0.1) is 0 Å². The number of carbonyl (C=O) groups is 2. The van der Waals surface area contributed by atoms with Crippen molar-refractivity contribution in [3.05, 3.63) is 35.8 Å². The van der Waals surface area contributed by atoms with E-state index >= 15 is 0 Å². The third-order valence-corrected chi connectivity index (χ3v) is 2.65. The van der Waals surface area contributed by atoms with E-state index in [1.807, 2.05) is 0 Å². The lowest BCUT2D eigenvalue weighted by atomic mass is 10.2. The number of amides is 1. The minimum Gasteiger partial charge on any atom is -0.461 e. The second-order valence-corrected chi connectivity index (χ2v) is 4.21. The first kappa shape index (κ1) is 13.1. The molecule has 2 heterocycles. The first-order valence-electron chi connectivity index (χ1n) is 5.90. The van der Waals surface area contributed by atoms with Crippen molar-refractivity contribution in [3.63, 3.8) is 0 Å². The third kappa shape index (κ3) is 2.42. The Morgan fingerprint density at radius 2 is 2.16 bits per heavy atom. The molecule has 0 aliphatic heterocycles. The highest BCUT2D eigenvalue weighted by molar-refractivity contribution is 5.95. The highest BCUT2D eigenvalue weighted by Crippen LogP contribution is 2.11. The van der Waals surface area contributed by atoms with Crippen molar-refractivity contribution in [3.8, 4) is 0 Å². The highest BCUT2D eigenvalue weighted by atomic mass is 16.5. The Morgan fingerprint density at radius 3 is 2.79 bits per heavy atom. The number of hydrogen-bond donors (Lipinski definition) is 0. The fraction of sp³-hybridized carbons (Fsp3) is 0.308. The van der Waals surface area contributed by atoms with Gasteiger partial charge < -0.3 is 9.64 Å². The monoisotopic (exact) mass is 261 g/mol. The summed E-state index contributed by atoms with van der Waals surface area (Å²) in [5.74, 6) is -0.537. The molecule has 0 aliphatic carbocycles. The predicted octanol–water partition coefficient (Wildman–Crippen LogP) is 1.21. The molecule has 0 radical (unpaired) electrons. The maximum Gasteiger partial charge on any atom is 0.356 e. The fourth-order valence-corrected chi connectivity index (χ4v) is 1.73. The van der Waals surface area contributed by atoms with E-state index in [2.05, 4.69) is 4.98 Å². The Morgan fingerprint density at radius 1 is 1.42 bits per heavy atom. The van der Waals surface area contributed by atoms with Crippen molar-refractivity contribution < 1.29 is 14.3 Å². The first-order valence-corrected chi connectivity index (χ1v) is 5.90. The Kier molecular flexibility index (Phi) is 3.50. The Hall–Kier alpha value is -2.37. The van der Waals surface area contributed by atoms with Gasteiger partial charge in [0, 0.05) is 25.9 Å². The molecule has 0 bridgehead atoms. The molecule has 100 valence electrons. The molecule has 6 nitrogen and oxygen atoms in total. The molecule has 0 N–H and O–H groups in total. The molecule has 0 aliphatic rings. The van der Waals surface area contributed by atoms with Gasteiger partial charge in [0.2, 0.25) is 0 Å². The number of rotatable bonds is 3. The number of imidazole rings is 1. The van der Waals surface area contributed by atoms with Crippen LogP contribution in [0.25, 0.3) is 5.65 Å². The number of fused-ring (bicyclic) bond motifs is 1. The van der Waals surface area contributed by atoms with Gasteiger partial charge in [0.05, 0.1) is 12.8 Å². The van der Waals surface area contributed by atoms with Crippen LogP contribution < -0.4 is 0 Å². The van der Waals surface area contributed by atoms with Crippen molar-refractivity contribution in [2.45, 2.75) is 6.92 Å². The largest absolute Gasteiger partial charge is 0.461 e. The quantitative estimate of drug-likeness (QED) is 0.779. The zero-order valence-electron chi connectivity index (χ0n) is 11.1. The van der Waals surface area contributed by atoms with E-state index in [0.717, 1.165) is 0 Å². The van der Waals surface area contributed by atoms with E-state index in [-0.39, 0.29) is 5.91 Å². The SMILES string of the molecule is CCOC(=O)c1cnc2cc(C(=O)N(C)C)ccn12. The second-order valence-electron chi connectivity index (χ2n) is 4.21. The van der Waals surface area contributed by atoms with Crippen LogP contribution >= 0.6 is 0 Å². The summed E-state index contributed by atoms with van der Waals surface area (Å²) in [7, 11) is 3.37. The van der Waals surface area contributed by atoms with E-state index in [1.54, 1.807) is 43.7 Å². The van der Waals surface area contributed by atoms with Crippen molar-refractivity contribution in [2.75, 3.05) is 20.7 Å². The van der Waals surface area contributed by atoms with Crippen LogP contribution in [0, 0.1) is 0 Å². The topological polar surface area (TPSA) is 63.9 Å². The summed E-state index contributed by atoms with van der Waals surface area (Å²) in [6.45, 7) is 2.05. The number of carbonyl (C=O) groups excluding carboxylic acids is 2. The normalized spacial score (nSPS) is 10.5. The van der Waals surface area contributed by atoms with Crippen LogP contribution in [0.2, 0.25) is 0 Å². The minimum atomic E-state index is -0.429. The summed E-state index contributed by atoms with van der Waals surface area (Å²) in [4.78, 5) is 29.1. The van der Waals surface area contributed by atoms with Gasteiger partial charge in [0.1, 0.15) is 5.65 Å². The zero-order valence-corrected chi connectivity index (χ0v) is 11.1. The number of pyridine rings is 1. The van der Waals surface area contributed by atoms with Crippen molar-refractivity contribution in [1.29, 1.82) is 0 Å². The molecule has 0 fully saturated rings. The van der Waals surface area contributed by atoms with Crippen LogP contribution in [-0.2, 0) is 4.74 Å². The predicted molar refractivity (Wildman–Crippen MR) is 69.2 cm³/mol. The summed E-state index contributed by atoms with van der Waals surface area (Å²) in [5, 5.41) is 0. The van der Waals surface area contributed by atoms with Gasteiger partial charge in [0.25, 0.3) is 5.91 Å². The molecule has 0 atom stereocenters. The number of ether oxygens (including phenoxy) is 1. The lowest BCUT2D eigenvalue weighted by Gasteiger charge is -2.10. The lowest BCUT2D eigenvalue weighted by molar-refractivity contribution is 0.0518. The third-order valence-electron chi connectivity index (χ3n) is 2.65. The highest BCUT2D eigenvalue weighted by Gasteiger charge is 2.15. The molecule has 2 aromatic rings. The number of hydrogen-bond acceptors (Lipinski definition) is 4. The molecule has 0 saturated carbocycles. The zero-order chi connectivity index (χ0) is 14.0. The number of esters is 1. The van der Waals surface area contributed by atoms with E-state index in [4.69, 9.17) is 4.74 Å². The molecule has 0 aromatic carbocycles. The van der Waals surface area contributed by atoms with Gasteiger partial charge in [-0.1, -0.05) is 0 Å². The Labute approximate surface area is 110 Å². The van der Waals surface area contributed by atoms with E-state index in [0.29, 0.717) is 23.5 Å². The maximum absolute atomic E-state index is 11.8. The lowest BCUT2D eigenvalue weighted by Crippen LogP contribution is -2.21. The van der Waals surface area contributed by atoms with Gasteiger partial charge >= 0.3 is 5.97 Å². The van der Waals surface area contributed by atoms with Crippen molar-refractivity contribution >= 4 is 17.5 Å². The molecule has 0 unspecified atom stereocenters. The van der Waals surface area contributed by atoms with Crippen molar-refractivity contribution in [2.24, 2.45) is 0 Å². The van der Waals surface area contributed by atoms with Crippen LogP contribution in [0.4, 0.5) is 0 Å². The average molecular weight is 261 g/mol. The molecule has 0 saturated heterocycles. The molecule has 1 amide bonds. The second kappa shape index (κ2) is 5.09. The van der Waals surface area contributed by atoms with Gasteiger partial charge in [-0.2, -0.15) is 0 Å². The van der Waals surface area contributed by atoms with Crippen molar-refractivity contribution in [1.82, 2.24) is 14.3 Å². The van der Waals surface area contributed by atoms with Crippen LogP contribution in [0.5, 0.6) is 0 Å². The first-order chi connectivity index (χ1) is 9.04. The molecule has 2 rings (SSSR count). The summed E-state index contributed by atoms with van der Waals surface area (Å²) in [5.41, 5.74) is 1.41. The summed E-state index contributed by atoms with van der Waals surface area (Å²) >= 11 is 0. The minimum absolute atomic E-state index is 0.108.